The molecule has 0 aliphatic carbocycles. The van der Waals surface area contributed by atoms with Crippen LogP contribution in [0.5, 0.6) is 5.75 Å². The molecular formula is C49H61Cl3N8O5. The third-order valence-electron chi connectivity index (χ3n) is 11.7. The van der Waals surface area contributed by atoms with E-state index in [2.05, 4.69) is 39.9 Å². The van der Waals surface area contributed by atoms with Gasteiger partial charge in [0.2, 0.25) is 0 Å². The van der Waals surface area contributed by atoms with E-state index in [1.807, 2.05) is 39.0 Å². The molecule has 4 unspecified atom stereocenters. The number of unbranched alkanes of at least 4 members (excludes halogenated alkanes) is 8. The molecule has 4 atom stereocenters. The van der Waals surface area contributed by atoms with Crippen LogP contribution in [0.1, 0.15) is 144 Å². The van der Waals surface area contributed by atoms with Crippen molar-refractivity contribution in [3.05, 3.63) is 98.4 Å². The lowest BCUT2D eigenvalue weighted by Gasteiger charge is -2.24. The molecule has 3 N–H and O–H groups in total. The summed E-state index contributed by atoms with van der Waals surface area (Å²) < 4.78 is 14.2. The second kappa shape index (κ2) is 24.0. The highest BCUT2D eigenvalue weighted by molar-refractivity contribution is 6.43. The van der Waals surface area contributed by atoms with Gasteiger partial charge < -0.3 is 25.4 Å². The SMILES string of the molecule is CCCCCCCCC(CCCCCC)COC1N=CNc2c1ncn2C1C(=O)N(c2c(Cl)cc(Cl)cc2Cl)N=C1NC(=O)c1cccc(NC(=O)C(CC)Oc2ccc(C)cc2C)c1. The van der Waals surface area contributed by atoms with Gasteiger partial charge in [0.15, 0.2) is 24.2 Å². The summed E-state index contributed by atoms with van der Waals surface area (Å²) in [5, 5.41) is 15.0. The fourth-order valence-corrected chi connectivity index (χ4v) is 9.09. The van der Waals surface area contributed by atoms with E-state index in [0.717, 1.165) is 41.8 Å². The van der Waals surface area contributed by atoms with Gasteiger partial charge in [0.25, 0.3) is 17.7 Å². The number of fused-ring (bicyclic) bond motifs is 1. The molecule has 0 saturated heterocycles. The number of carbonyl (C=O) groups is 3. The number of amides is 3. The van der Waals surface area contributed by atoms with E-state index in [1.165, 1.54) is 82.2 Å². The maximum atomic E-state index is 14.6. The Kier molecular flexibility index (Phi) is 18.3. The van der Waals surface area contributed by atoms with E-state index < -0.39 is 30.2 Å². The van der Waals surface area contributed by atoms with Crippen LogP contribution in [0.4, 0.5) is 17.2 Å². The second-order valence-corrected chi connectivity index (χ2v) is 18.1. The van der Waals surface area contributed by atoms with Crippen molar-refractivity contribution in [3.63, 3.8) is 0 Å². The second-order valence-electron chi connectivity index (χ2n) is 16.8. The van der Waals surface area contributed by atoms with Crippen molar-refractivity contribution in [3.8, 4) is 5.75 Å². The number of halogens is 3. The van der Waals surface area contributed by atoms with Crippen LogP contribution in [0.2, 0.25) is 15.1 Å². The van der Waals surface area contributed by atoms with Crippen LogP contribution in [0, 0.1) is 19.8 Å². The number of aliphatic imine (C=N–C) groups is 1. The summed E-state index contributed by atoms with van der Waals surface area (Å²) in [5.41, 5.74) is 3.16. The molecule has 0 radical (unpaired) electrons. The number of anilines is 3. The quantitative estimate of drug-likeness (QED) is 0.0626. The predicted octanol–water partition coefficient (Wildman–Crippen LogP) is 12.4. The van der Waals surface area contributed by atoms with Crippen molar-refractivity contribution >= 4 is 81.9 Å². The number of benzene rings is 3. The van der Waals surface area contributed by atoms with Gasteiger partial charge >= 0.3 is 0 Å². The van der Waals surface area contributed by atoms with Crippen LogP contribution in [0.15, 0.2) is 71.0 Å². The molecule has 4 aromatic rings. The van der Waals surface area contributed by atoms with Crippen LogP contribution in [-0.2, 0) is 14.3 Å². The molecule has 3 aromatic carbocycles. The zero-order chi connectivity index (χ0) is 46.5. The minimum atomic E-state index is -1.23. The zero-order valence-corrected chi connectivity index (χ0v) is 40.2. The first kappa shape index (κ1) is 49.5. The van der Waals surface area contributed by atoms with Gasteiger partial charge in [0.1, 0.15) is 22.9 Å². The van der Waals surface area contributed by atoms with Crippen molar-refractivity contribution in [1.82, 2.24) is 14.9 Å². The fourth-order valence-electron chi connectivity index (χ4n) is 8.11. The predicted molar refractivity (Wildman–Crippen MR) is 262 cm³/mol. The first-order valence-corrected chi connectivity index (χ1v) is 24.0. The lowest BCUT2D eigenvalue weighted by Crippen LogP contribution is -2.38. The van der Waals surface area contributed by atoms with E-state index in [0.29, 0.717) is 41.9 Å². The number of carbonyl (C=O) groups excluding carboxylic acids is 3. The molecule has 2 aliphatic heterocycles. The molecule has 65 heavy (non-hydrogen) atoms. The van der Waals surface area contributed by atoms with Crippen LogP contribution < -0.4 is 25.7 Å². The van der Waals surface area contributed by atoms with Crippen molar-refractivity contribution in [1.29, 1.82) is 0 Å². The van der Waals surface area contributed by atoms with Crippen LogP contribution in [-0.4, -0.2) is 52.2 Å². The van der Waals surface area contributed by atoms with Crippen LogP contribution >= 0.6 is 34.8 Å². The molecule has 1 aromatic heterocycles. The summed E-state index contributed by atoms with van der Waals surface area (Å²) in [4.78, 5) is 51.4. The molecule has 0 bridgehead atoms. The minimum absolute atomic E-state index is 0.0301. The molecule has 16 heteroatoms. The summed E-state index contributed by atoms with van der Waals surface area (Å²) in [7, 11) is 0. The number of hydrogen-bond acceptors (Lipinski definition) is 9. The normalized spacial score (nSPS) is 16.5. The van der Waals surface area contributed by atoms with Gasteiger partial charge in [0.05, 0.1) is 29.3 Å². The molecule has 13 nitrogen and oxygen atoms in total. The van der Waals surface area contributed by atoms with E-state index in [9.17, 15) is 14.4 Å². The van der Waals surface area contributed by atoms with Gasteiger partial charge in [-0.3, -0.25) is 19.0 Å². The molecule has 0 saturated carbocycles. The van der Waals surface area contributed by atoms with E-state index in [4.69, 9.17) is 49.3 Å². The molecule has 3 amide bonds. The average molecular weight is 948 g/mol. The van der Waals surface area contributed by atoms with Crippen LogP contribution in [0.3, 0.4) is 0 Å². The number of imidazole rings is 1. The Morgan fingerprint density at radius 1 is 0.862 bits per heavy atom. The monoisotopic (exact) mass is 946 g/mol. The number of rotatable bonds is 23. The Morgan fingerprint density at radius 2 is 1.55 bits per heavy atom. The maximum Gasteiger partial charge on any atom is 0.278 e. The number of ether oxygens (including phenoxy) is 2. The standard InChI is InChI=1S/C49H61Cl3N8O5/c1-6-9-11-13-14-16-19-33(18-15-12-10-7-2)28-64-48-41-45(53-29-54-48)59(30-55-41)43-44(58-60(49(43)63)42-37(51)26-35(50)27-38(42)52)57-46(61)34-20-17-21-36(25-34)56-47(62)39(8-3)65-40-23-22-31(4)24-32(40)5/h17,20-27,29-30,33,39,43,48H,6-16,18-19,28H2,1-5H3,(H,53,54)(H,56,62)(H,57,58,61). The minimum Gasteiger partial charge on any atom is -0.480 e. The van der Waals surface area contributed by atoms with Gasteiger partial charge in [-0.1, -0.05) is 144 Å². The van der Waals surface area contributed by atoms with Gasteiger partial charge in [-0.25, -0.2) is 9.98 Å². The van der Waals surface area contributed by atoms with Gasteiger partial charge in [-0.2, -0.15) is 5.01 Å². The Labute approximate surface area is 397 Å². The largest absolute Gasteiger partial charge is 0.480 e. The number of aryl methyl sites for hydroxylation is 2. The van der Waals surface area contributed by atoms with Crippen molar-refractivity contribution in [2.24, 2.45) is 16.0 Å². The highest BCUT2D eigenvalue weighted by Crippen LogP contribution is 2.41. The fraction of sp³-hybridized carbons (Fsp3) is 0.469. The van der Waals surface area contributed by atoms with E-state index in [1.54, 1.807) is 22.8 Å². The first-order chi connectivity index (χ1) is 31.4. The number of nitrogens with zero attached hydrogens (tertiary/aromatic N) is 5. The first-order valence-electron chi connectivity index (χ1n) is 22.9. The lowest BCUT2D eigenvalue weighted by atomic mass is 9.95. The van der Waals surface area contributed by atoms with Crippen LogP contribution in [0.25, 0.3) is 0 Å². The Balaban J connectivity index is 1.22. The number of nitrogens with one attached hydrogen (secondary N) is 3. The van der Waals surface area contributed by atoms with Gasteiger partial charge in [0, 0.05) is 16.3 Å². The molecule has 3 heterocycles. The Morgan fingerprint density at radius 3 is 2.25 bits per heavy atom. The smallest absolute Gasteiger partial charge is 0.278 e. The zero-order valence-electron chi connectivity index (χ0n) is 38.0. The van der Waals surface area contributed by atoms with E-state index >= 15 is 0 Å². The molecular weight excluding hydrogens is 887 g/mol. The summed E-state index contributed by atoms with van der Waals surface area (Å²) in [6.45, 7) is 10.8. The third-order valence-corrected chi connectivity index (χ3v) is 12.5. The molecule has 0 fully saturated rings. The molecule has 0 spiro atoms. The van der Waals surface area contributed by atoms with Crippen molar-refractivity contribution in [2.75, 3.05) is 22.2 Å². The summed E-state index contributed by atoms with van der Waals surface area (Å²) in [5.74, 6) is -0.107. The van der Waals surface area contributed by atoms with Gasteiger partial charge in [-0.05, 0) is 81.0 Å². The molecule has 6 rings (SSSR count). The topological polar surface area (TPSA) is 152 Å². The molecule has 2 aliphatic rings. The van der Waals surface area contributed by atoms with Gasteiger partial charge in [-0.15, -0.1) is 5.10 Å². The summed E-state index contributed by atoms with van der Waals surface area (Å²) in [6, 6.07) is 13.9. The average Bonchev–Trinajstić information content (AvgIpc) is 3.84. The van der Waals surface area contributed by atoms with E-state index in [-0.39, 0.29) is 38.1 Å². The summed E-state index contributed by atoms with van der Waals surface area (Å²) in [6.07, 6.45) is 16.3. The van der Waals surface area contributed by atoms with Crippen molar-refractivity contribution < 1.29 is 23.9 Å². The molecule has 348 valence electrons. The lowest BCUT2D eigenvalue weighted by molar-refractivity contribution is -0.123. The number of aromatic nitrogens is 2. The summed E-state index contributed by atoms with van der Waals surface area (Å²) >= 11 is 19.5. The highest BCUT2D eigenvalue weighted by atomic mass is 35.5. The number of hydrogen-bond donors (Lipinski definition) is 3. The van der Waals surface area contributed by atoms with Crippen molar-refractivity contribution in [2.45, 2.75) is 136 Å². The number of amidine groups is 1. The third kappa shape index (κ3) is 12.9. The number of hydrazone groups is 1. The maximum absolute atomic E-state index is 14.6. The highest BCUT2D eigenvalue weighted by Gasteiger charge is 2.43. The Hall–Kier alpha value is -4.95. The Bertz CT molecular complexity index is 2330.